The summed E-state index contributed by atoms with van der Waals surface area (Å²) in [5.41, 5.74) is 1.06. The van der Waals surface area contributed by atoms with Crippen LogP contribution in [0.3, 0.4) is 0 Å². The first-order chi connectivity index (χ1) is 6.75. The van der Waals surface area contributed by atoms with E-state index >= 15 is 0 Å². The van der Waals surface area contributed by atoms with E-state index in [1.807, 2.05) is 6.20 Å². The van der Waals surface area contributed by atoms with Crippen molar-refractivity contribution in [1.82, 2.24) is 15.0 Å². The fourth-order valence-electron chi connectivity index (χ4n) is 1.38. The molecule has 1 fully saturated rings. The Morgan fingerprint density at radius 1 is 1.64 bits per heavy atom. The largest absolute Gasteiger partial charge is 0.481 e. The number of carboxylic acid groups (broad SMARTS) is 1. The molecule has 0 radical (unpaired) electrons. The minimum atomic E-state index is -0.757. The lowest BCUT2D eigenvalue weighted by Gasteiger charge is -1.96. The van der Waals surface area contributed by atoms with Crippen molar-refractivity contribution in [3.05, 3.63) is 11.9 Å². The Morgan fingerprint density at radius 2 is 2.43 bits per heavy atom. The van der Waals surface area contributed by atoms with Crippen LogP contribution in [-0.4, -0.2) is 26.1 Å². The van der Waals surface area contributed by atoms with Gasteiger partial charge >= 0.3 is 5.97 Å². The second kappa shape index (κ2) is 3.77. The van der Waals surface area contributed by atoms with Gasteiger partial charge in [-0.05, 0) is 19.3 Å². The molecular formula is C9H13N3O2. The predicted octanol–water partition coefficient (Wildman–Crippen LogP) is 1.02. The molecule has 0 aromatic carbocycles. The average Bonchev–Trinajstić information content (AvgIpc) is 2.87. The van der Waals surface area contributed by atoms with Crippen molar-refractivity contribution in [3.8, 4) is 0 Å². The standard InChI is InChI=1S/C9H13N3O2/c13-9(14)2-1-5-12-6-8(10-11-12)7-3-4-7/h6-7H,1-5H2,(H,13,14). The fourth-order valence-corrected chi connectivity index (χ4v) is 1.38. The zero-order valence-electron chi connectivity index (χ0n) is 7.89. The van der Waals surface area contributed by atoms with Gasteiger partial charge in [0.25, 0.3) is 0 Å². The molecule has 5 heteroatoms. The molecule has 5 nitrogen and oxygen atoms in total. The minimum absolute atomic E-state index is 0.193. The molecule has 0 saturated heterocycles. The first-order valence-corrected chi connectivity index (χ1v) is 4.87. The van der Waals surface area contributed by atoms with Gasteiger partial charge in [-0.1, -0.05) is 5.21 Å². The van der Waals surface area contributed by atoms with Crippen LogP contribution in [0.5, 0.6) is 0 Å². The summed E-state index contributed by atoms with van der Waals surface area (Å²) in [6.07, 6.45) is 5.17. The first-order valence-electron chi connectivity index (χ1n) is 4.87. The summed E-state index contributed by atoms with van der Waals surface area (Å²) in [7, 11) is 0. The summed E-state index contributed by atoms with van der Waals surface area (Å²) in [5, 5.41) is 16.4. The van der Waals surface area contributed by atoms with Crippen LogP contribution in [-0.2, 0) is 11.3 Å². The molecule has 0 bridgehead atoms. The summed E-state index contributed by atoms with van der Waals surface area (Å²) < 4.78 is 1.73. The smallest absolute Gasteiger partial charge is 0.303 e. The first kappa shape index (κ1) is 9.18. The quantitative estimate of drug-likeness (QED) is 0.761. The van der Waals surface area contributed by atoms with Gasteiger partial charge in [-0.15, -0.1) is 5.10 Å². The predicted molar refractivity (Wildman–Crippen MR) is 48.9 cm³/mol. The van der Waals surface area contributed by atoms with Gasteiger partial charge in [0.1, 0.15) is 0 Å². The van der Waals surface area contributed by atoms with Crippen molar-refractivity contribution in [2.75, 3.05) is 0 Å². The number of carboxylic acids is 1. The van der Waals surface area contributed by atoms with Crippen LogP contribution in [0.1, 0.15) is 37.3 Å². The van der Waals surface area contributed by atoms with E-state index in [0.717, 1.165) is 5.69 Å². The lowest BCUT2D eigenvalue weighted by atomic mass is 10.3. The second-order valence-corrected chi connectivity index (χ2v) is 3.68. The molecule has 0 atom stereocenters. The molecular weight excluding hydrogens is 182 g/mol. The highest BCUT2D eigenvalue weighted by Gasteiger charge is 2.26. The van der Waals surface area contributed by atoms with Crippen molar-refractivity contribution in [2.45, 2.75) is 38.1 Å². The Balaban J connectivity index is 1.80. The van der Waals surface area contributed by atoms with Crippen molar-refractivity contribution in [3.63, 3.8) is 0 Å². The zero-order valence-corrected chi connectivity index (χ0v) is 7.89. The number of aliphatic carboxylic acids is 1. The second-order valence-electron chi connectivity index (χ2n) is 3.68. The number of aryl methyl sites for hydroxylation is 1. The van der Waals surface area contributed by atoms with Crippen molar-refractivity contribution in [1.29, 1.82) is 0 Å². The maximum atomic E-state index is 10.3. The van der Waals surface area contributed by atoms with Crippen LogP contribution in [0.25, 0.3) is 0 Å². The molecule has 0 amide bonds. The molecule has 0 spiro atoms. The highest BCUT2D eigenvalue weighted by Crippen LogP contribution is 2.38. The third-order valence-electron chi connectivity index (χ3n) is 2.33. The van der Waals surface area contributed by atoms with Gasteiger partial charge in [-0.25, -0.2) is 0 Å². The number of hydrogen-bond donors (Lipinski definition) is 1. The van der Waals surface area contributed by atoms with Gasteiger partial charge in [0.2, 0.25) is 0 Å². The lowest BCUT2D eigenvalue weighted by molar-refractivity contribution is -0.137. The van der Waals surface area contributed by atoms with E-state index in [0.29, 0.717) is 18.9 Å². The molecule has 2 rings (SSSR count). The Labute approximate surface area is 81.7 Å². The topological polar surface area (TPSA) is 68.0 Å². The number of aromatic nitrogens is 3. The number of rotatable bonds is 5. The molecule has 1 aromatic rings. The van der Waals surface area contributed by atoms with Crippen LogP contribution in [0.2, 0.25) is 0 Å². The van der Waals surface area contributed by atoms with Crippen molar-refractivity contribution >= 4 is 5.97 Å². The van der Waals surface area contributed by atoms with E-state index in [2.05, 4.69) is 10.3 Å². The minimum Gasteiger partial charge on any atom is -0.481 e. The summed E-state index contributed by atoms with van der Waals surface area (Å²) in [4.78, 5) is 10.3. The highest BCUT2D eigenvalue weighted by molar-refractivity contribution is 5.66. The van der Waals surface area contributed by atoms with E-state index in [1.165, 1.54) is 12.8 Å². The molecule has 1 saturated carbocycles. The zero-order chi connectivity index (χ0) is 9.97. The van der Waals surface area contributed by atoms with E-state index in [4.69, 9.17) is 5.11 Å². The van der Waals surface area contributed by atoms with Gasteiger partial charge in [0.15, 0.2) is 0 Å². The molecule has 0 aliphatic heterocycles. The summed E-state index contributed by atoms with van der Waals surface area (Å²) in [5.74, 6) is -0.143. The third-order valence-corrected chi connectivity index (χ3v) is 2.33. The normalized spacial score (nSPS) is 15.7. The Morgan fingerprint density at radius 3 is 3.07 bits per heavy atom. The lowest BCUT2D eigenvalue weighted by Crippen LogP contribution is -2.02. The number of carbonyl (C=O) groups is 1. The van der Waals surface area contributed by atoms with E-state index < -0.39 is 5.97 Å². The van der Waals surface area contributed by atoms with Gasteiger partial charge < -0.3 is 5.11 Å². The van der Waals surface area contributed by atoms with Crippen molar-refractivity contribution in [2.24, 2.45) is 0 Å². The Kier molecular flexibility index (Phi) is 2.47. The van der Waals surface area contributed by atoms with E-state index in [9.17, 15) is 4.79 Å². The van der Waals surface area contributed by atoms with Gasteiger partial charge in [-0.2, -0.15) is 0 Å². The maximum Gasteiger partial charge on any atom is 0.303 e. The SMILES string of the molecule is O=C(O)CCCn1cc(C2CC2)nn1. The van der Waals surface area contributed by atoms with Gasteiger partial charge in [0.05, 0.1) is 5.69 Å². The average molecular weight is 195 g/mol. The molecule has 1 aromatic heterocycles. The molecule has 0 unspecified atom stereocenters. The van der Waals surface area contributed by atoms with E-state index in [1.54, 1.807) is 4.68 Å². The molecule has 1 aliphatic rings. The number of hydrogen-bond acceptors (Lipinski definition) is 3. The van der Waals surface area contributed by atoms with Crippen LogP contribution in [0.4, 0.5) is 0 Å². The molecule has 76 valence electrons. The molecule has 1 heterocycles. The maximum absolute atomic E-state index is 10.3. The van der Waals surface area contributed by atoms with Crippen LogP contribution in [0, 0.1) is 0 Å². The molecule has 1 aliphatic carbocycles. The van der Waals surface area contributed by atoms with Crippen LogP contribution in [0.15, 0.2) is 6.20 Å². The fraction of sp³-hybridized carbons (Fsp3) is 0.667. The van der Waals surface area contributed by atoms with Crippen LogP contribution >= 0.6 is 0 Å². The summed E-state index contributed by atoms with van der Waals surface area (Å²) in [6, 6.07) is 0. The summed E-state index contributed by atoms with van der Waals surface area (Å²) in [6.45, 7) is 0.645. The van der Waals surface area contributed by atoms with Gasteiger partial charge in [0, 0.05) is 25.1 Å². The van der Waals surface area contributed by atoms with Crippen LogP contribution < -0.4 is 0 Å². The number of nitrogens with zero attached hydrogens (tertiary/aromatic N) is 3. The highest BCUT2D eigenvalue weighted by atomic mass is 16.4. The summed E-state index contributed by atoms with van der Waals surface area (Å²) >= 11 is 0. The monoisotopic (exact) mass is 195 g/mol. The molecule has 1 N–H and O–H groups in total. The van der Waals surface area contributed by atoms with E-state index in [-0.39, 0.29) is 6.42 Å². The molecule has 14 heavy (non-hydrogen) atoms. The third kappa shape index (κ3) is 2.31. The van der Waals surface area contributed by atoms with Crippen molar-refractivity contribution < 1.29 is 9.90 Å². The Hall–Kier alpha value is -1.39. The Bertz CT molecular complexity index is 331. The van der Waals surface area contributed by atoms with Gasteiger partial charge in [-0.3, -0.25) is 9.48 Å².